The van der Waals surface area contributed by atoms with E-state index in [0.717, 1.165) is 45.6 Å². The molecule has 2 bridgehead atoms. The van der Waals surface area contributed by atoms with Crippen molar-refractivity contribution in [2.45, 2.75) is 45.3 Å². The zero-order chi connectivity index (χ0) is 22.3. The van der Waals surface area contributed by atoms with Gasteiger partial charge in [0.25, 0.3) is 0 Å². The van der Waals surface area contributed by atoms with Crippen molar-refractivity contribution in [2.75, 3.05) is 12.8 Å². The summed E-state index contributed by atoms with van der Waals surface area (Å²) >= 11 is 0. The molecule has 0 spiro atoms. The largest absolute Gasteiger partial charge is 0.496 e. The Bertz CT molecular complexity index is 1230. The molecule has 3 aliphatic carbocycles. The Balaban J connectivity index is 1.37. The van der Waals surface area contributed by atoms with E-state index in [1.807, 2.05) is 30.3 Å². The van der Waals surface area contributed by atoms with Crippen LogP contribution in [0.2, 0.25) is 0 Å². The fourth-order valence-electron chi connectivity index (χ4n) is 6.36. The van der Waals surface area contributed by atoms with E-state index >= 15 is 0 Å². The maximum absolute atomic E-state index is 6.67. The maximum atomic E-state index is 6.67. The van der Waals surface area contributed by atoms with Gasteiger partial charge in [-0.05, 0) is 66.2 Å². The second kappa shape index (κ2) is 6.69. The Morgan fingerprint density at radius 2 is 1.97 bits per heavy atom. The minimum absolute atomic E-state index is 0.147. The fourth-order valence-corrected chi connectivity index (χ4v) is 6.36. The highest BCUT2D eigenvalue weighted by Crippen LogP contribution is 2.65. The molecule has 2 aromatic carbocycles. The summed E-state index contributed by atoms with van der Waals surface area (Å²) in [6, 6.07) is 12.2. The number of hydrogen-bond acceptors (Lipinski definition) is 6. The molecule has 4 aliphatic rings. The molecule has 32 heavy (non-hydrogen) atoms. The van der Waals surface area contributed by atoms with Crippen LogP contribution in [0.1, 0.15) is 33.6 Å². The van der Waals surface area contributed by atoms with E-state index in [-0.39, 0.29) is 18.8 Å². The molecule has 2 heterocycles. The molecule has 7 rings (SSSR count). The van der Waals surface area contributed by atoms with Crippen LogP contribution in [0.25, 0.3) is 22.0 Å². The molecule has 0 unspecified atom stereocenters. The van der Waals surface area contributed by atoms with Crippen LogP contribution >= 0.6 is 0 Å². The quantitative estimate of drug-likeness (QED) is 0.638. The van der Waals surface area contributed by atoms with E-state index in [1.54, 1.807) is 13.3 Å². The molecule has 4 fully saturated rings. The molecule has 7 heteroatoms. The van der Waals surface area contributed by atoms with Crippen molar-refractivity contribution in [2.24, 2.45) is 17.3 Å². The first-order valence-electron chi connectivity index (χ1n) is 11.3. The van der Waals surface area contributed by atoms with Gasteiger partial charge in [-0.15, -0.1) is 0 Å². The van der Waals surface area contributed by atoms with Gasteiger partial charge in [0.2, 0.25) is 0 Å². The second-order valence-corrected chi connectivity index (χ2v) is 10.3. The third kappa shape index (κ3) is 2.67. The van der Waals surface area contributed by atoms with E-state index in [0.29, 0.717) is 17.0 Å². The van der Waals surface area contributed by atoms with Crippen molar-refractivity contribution in [3.8, 4) is 16.9 Å². The van der Waals surface area contributed by atoms with Gasteiger partial charge in [0.1, 0.15) is 5.75 Å². The molecule has 0 amide bonds. The van der Waals surface area contributed by atoms with Crippen molar-refractivity contribution in [1.82, 2.24) is 10.2 Å². The summed E-state index contributed by atoms with van der Waals surface area (Å²) in [5.41, 5.74) is 10.5. The SMILES string of the molecule is COc1ccc(B2O[C@H]3C[C@H]4C[C@H](C4(C)C)[C@@]3(C)O2)cc1-c1ccc2c(N)cnnc2c1. The van der Waals surface area contributed by atoms with Gasteiger partial charge in [-0.2, -0.15) is 10.2 Å². The summed E-state index contributed by atoms with van der Waals surface area (Å²) in [5, 5.41) is 9.13. The Morgan fingerprint density at radius 1 is 1.12 bits per heavy atom. The van der Waals surface area contributed by atoms with Gasteiger partial charge in [-0.25, -0.2) is 0 Å². The lowest BCUT2D eigenvalue weighted by Crippen LogP contribution is -2.65. The number of aromatic nitrogens is 2. The van der Waals surface area contributed by atoms with Gasteiger partial charge in [-0.1, -0.05) is 32.0 Å². The van der Waals surface area contributed by atoms with Crippen LogP contribution in [0.5, 0.6) is 5.75 Å². The third-order valence-corrected chi connectivity index (χ3v) is 8.43. The first kappa shape index (κ1) is 20.0. The fraction of sp³-hybridized carbons (Fsp3) is 0.440. The summed E-state index contributed by atoms with van der Waals surface area (Å²) in [6.07, 6.45) is 4.04. The van der Waals surface area contributed by atoms with Crippen molar-refractivity contribution in [3.05, 3.63) is 42.6 Å². The lowest BCUT2D eigenvalue weighted by molar-refractivity contribution is -0.199. The van der Waals surface area contributed by atoms with Crippen molar-refractivity contribution >= 4 is 29.2 Å². The molecule has 1 saturated heterocycles. The van der Waals surface area contributed by atoms with Gasteiger partial charge < -0.3 is 19.8 Å². The van der Waals surface area contributed by atoms with Gasteiger partial charge in [0.15, 0.2) is 0 Å². The monoisotopic (exact) mass is 429 g/mol. The Labute approximate surface area is 188 Å². The molecular formula is C25H28BN3O3. The Morgan fingerprint density at radius 3 is 2.75 bits per heavy atom. The van der Waals surface area contributed by atoms with Gasteiger partial charge in [-0.3, -0.25) is 0 Å². The number of nitrogens with two attached hydrogens (primary N) is 1. The van der Waals surface area contributed by atoms with E-state index in [2.05, 4.69) is 37.0 Å². The molecule has 1 aromatic heterocycles. The molecule has 3 saturated carbocycles. The molecule has 3 aromatic rings. The van der Waals surface area contributed by atoms with E-state index in [9.17, 15) is 0 Å². The number of ether oxygens (including phenoxy) is 1. The molecule has 0 radical (unpaired) electrons. The van der Waals surface area contributed by atoms with Crippen LogP contribution in [0.3, 0.4) is 0 Å². The minimum Gasteiger partial charge on any atom is -0.496 e. The van der Waals surface area contributed by atoms with Crippen molar-refractivity contribution in [3.63, 3.8) is 0 Å². The molecule has 4 atom stereocenters. The summed E-state index contributed by atoms with van der Waals surface area (Å²) in [6.45, 7) is 7.01. The van der Waals surface area contributed by atoms with Gasteiger partial charge in [0, 0.05) is 10.9 Å². The highest BCUT2D eigenvalue weighted by molar-refractivity contribution is 6.62. The Kier molecular flexibility index (Phi) is 4.18. The standard InChI is InChI=1S/C25H28BN3O3/c1-24(2)15-10-22(24)25(3)23(11-15)31-26(32-25)16-6-8-21(30-4)18(12-16)14-5-7-17-19(27)13-28-29-20(17)9-14/h5-9,12-13,15,22-23H,10-11H2,1-4H3,(H2,27,29)/t15-,22-,23+,25-/m1/s1. The molecule has 164 valence electrons. The average molecular weight is 429 g/mol. The number of methoxy groups -OCH3 is 1. The number of rotatable bonds is 3. The van der Waals surface area contributed by atoms with E-state index in [4.69, 9.17) is 19.8 Å². The lowest BCUT2D eigenvalue weighted by atomic mass is 9.43. The van der Waals surface area contributed by atoms with Gasteiger partial charge >= 0.3 is 7.12 Å². The van der Waals surface area contributed by atoms with Crippen molar-refractivity contribution < 1.29 is 14.0 Å². The normalized spacial score (nSPS) is 30.1. The smallest absolute Gasteiger partial charge is 0.494 e. The number of hydrogen-bond donors (Lipinski definition) is 1. The molecule has 1 aliphatic heterocycles. The summed E-state index contributed by atoms with van der Waals surface area (Å²) in [7, 11) is 1.31. The predicted octanol–water partition coefficient (Wildman–Crippen LogP) is 3.82. The topological polar surface area (TPSA) is 79.5 Å². The summed E-state index contributed by atoms with van der Waals surface area (Å²) in [4.78, 5) is 0. The first-order chi connectivity index (χ1) is 15.3. The summed E-state index contributed by atoms with van der Waals surface area (Å²) < 4.78 is 18.8. The van der Waals surface area contributed by atoms with Crippen LogP contribution in [0, 0.1) is 17.3 Å². The Hall–Kier alpha value is -2.64. The number of anilines is 1. The van der Waals surface area contributed by atoms with Crippen LogP contribution in [-0.4, -0.2) is 36.1 Å². The molecule has 6 nitrogen and oxygen atoms in total. The van der Waals surface area contributed by atoms with Crippen molar-refractivity contribution in [1.29, 1.82) is 0 Å². The van der Waals surface area contributed by atoms with Gasteiger partial charge in [0.05, 0.1) is 36.2 Å². The molecular weight excluding hydrogens is 401 g/mol. The maximum Gasteiger partial charge on any atom is 0.494 e. The highest BCUT2D eigenvalue weighted by atomic mass is 16.7. The van der Waals surface area contributed by atoms with Crippen LogP contribution in [-0.2, 0) is 9.31 Å². The number of nitrogens with zero attached hydrogens (tertiary/aromatic N) is 2. The second-order valence-electron chi connectivity index (χ2n) is 10.3. The minimum atomic E-state index is -0.374. The highest BCUT2D eigenvalue weighted by Gasteiger charge is 2.68. The average Bonchev–Trinajstić information content (AvgIpc) is 3.15. The lowest BCUT2D eigenvalue weighted by Gasteiger charge is -2.64. The van der Waals surface area contributed by atoms with E-state index in [1.165, 1.54) is 6.42 Å². The number of fused-ring (bicyclic) bond motifs is 1. The number of benzene rings is 2. The summed E-state index contributed by atoms with van der Waals surface area (Å²) in [5.74, 6) is 2.05. The zero-order valence-corrected chi connectivity index (χ0v) is 19.0. The van der Waals surface area contributed by atoms with Crippen LogP contribution in [0.15, 0.2) is 42.6 Å². The predicted molar refractivity (Wildman–Crippen MR) is 126 cm³/mol. The molecule has 2 N–H and O–H groups in total. The van der Waals surface area contributed by atoms with E-state index < -0.39 is 0 Å². The third-order valence-electron chi connectivity index (χ3n) is 8.43. The van der Waals surface area contributed by atoms with Crippen LogP contribution in [0.4, 0.5) is 5.69 Å². The first-order valence-corrected chi connectivity index (χ1v) is 11.3. The number of nitrogen functional groups attached to an aromatic ring is 1. The van der Waals surface area contributed by atoms with Crippen LogP contribution < -0.4 is 15.9 Å². The zero-order valence-electron chi connectivity index (χ0n) is 19.0.